The maximum atomic E-state index is 5.97. The van der Waals surface area contributed by atoms with Crippen molar-refractivity contribution < 1.29 is 0 Å². The molecular weight excluding hydrogens is 351 g/mol. The van der Waals surface area contributed by atoms with Gasteiger partial charge in [0, 0.05) is 18.4 Å². The molecule has 2 aromatic rings. The number of halogens is 3. The summed E-state index contributed by atoms with van der Waals surface area (Å²) in [7, 11) is 0. The molecule has 0 aliphatic rings. The van der Waals surface area contributed by atoms with E-state index in [2.05, 4.69) is 36.5 Å². The molecule has 0 unspecified atom stereocenters. The summed E-state index contributed by atoms with van der Waals surface area (Å²) < 4.78 is 0.764. The summed E-state index contributed by atoms with van der Waals surface area (Å²) in [5.74, 6) is 1.22. The van der Waals surface area contributed by atoms with E-state index in [1.54, 1.807) is 18.3 Å². The van der Waals surface area contributed by atoms with Gasteiger partial charge < -0.3 is 10.6 Å². The summed E-state index contributed by atoms with van der Waals surface area (Å²) in [5, 5.41) is 7.21. The lowest BCUT2D eigenvalue weighted by Crippen LogP contribution is -2.04. The van der Waals surface area contributed by atoms with Gasteiger partial charge in [-0.2, -0.15) is 4.98 Å². The number of hydrogen-bond acceptors (Lipinski definition) is 4. The van der Waals surface area contributed by atoms with Gasteiger partial charge >= 0.3 is 0 Å². The molecule has 0 fully saturated rings. The number of aromatic nitrogens is 2. The Labute approximate surface area is 129 Å². The van der Waals surface area contributed by atoms with Gasteiger partial charge in [-0.1, -0.05) is 23.2 Å². The molecule has 0 bridgehead atoms. The average molecular weight is 362 g/mol. The van der Waals surface area contributed by atoms with Gasteiger partial charge in [0.25, 0.3) is 0 Å². The van der Waals surface area contributed by atoms with Crippen LogP contribution in [0.4, 0.5) is 17.5 Å². The van der Waals surface area contributed by atoms with Gasteiger partial charge in [-0.05, 0) is 41.1 Å². The highest BCUT2D eigenvalue weighted by Gasteiger charge is 2.06. The van der Waals surface area contributed by atoms with Crippen LogP contribution in [0.2, 0.25) is 10.0 Å². The lowest BCUT2D eigenvalue weighted by Gasteiger charge is -2.10. The minimum atomic E-state index is 0.490. The quantitative estimate of drug-likeness (QED) is 0.827. The number of nitrogens with zero attached hydrogens (tertiary/aromatic N) is 2. The third-order valence-corrected chi connectivity index (χ3v) is 3.58. The van der Waals surface area contributed by atoms with Crippen LogP contribution in [-0.4, -0.2) is 16.5 Å². The lowest BCUT2D eigenvalue weighted by atomic mass is 10.3. The van der Waals surface area contributed by atoms with Crippen molar-refractivity contribution in [3.63, 3.8) is 0 Å². The van der Waals surface area contributed by atoms with Gasteiger partial charge in [-0.3, -0.25) is 0 Å². The highest BCUT2D eigenvalue weighted by Crippen LogP contribution is 2.29. The molecule has 1 aromatic carbocycles. The predicted octanol–water partition coefficient (Wildman–Crippen LogP) is 4.72. The summed E-state index contributed by atoms with van der Waals surface area (Å²) >= 11 is 15.2. The molecular formula is C12H11BrCl2N4. The van der Waals surface area contributed by atoms with E-state index in [1.807, 2.05) is 13.0 Å². The number of rotatable bonds is 4. The number of benzene rings is 1. The van der Waals surface area contributed by atoms with Crippen LogP contribution in [0.25, 0.3) is 0 Å². The van der Waals surface area contributed by atoms with Crippen molar-refractivity contribution in [2.45, 2.75) is 6.92 Å². The Hall–Kier alpha value is -1.04. The monoisotopic (exact) mass is 360 g/mol. The Bertz CT molecular complexity index is 592. The van der Waals surface area contributed by atoms with E-state index in [1.165, 1.54) is 0 Å². The molecule has 0 saturated carbocycles. The highest BCUT2D eigenvalue weighted by molar-refractivity contribution is 9.10. The van der Waals surface area contributed by atoms with Gasteiger partial charge in [-0.25, -0.2) is 4.98 Å². The molecule has 0 saturated heterocycles. The Kier molecular flexibility index (Phi) is 4.85. The number of nitrogens with one attached hydrogen (secondary N) is 2. The molecule has 0 radical (unpaired) electrons. The first kappa shape index (κ1) is 14.4. The first-order valence-electron chi connectivity index (χ1n) is 5.58. The normalized spacial score (nSPS) is 10.3. The topological polar surface area (TPSA) is 49.8 Å². The minimum absolute atomic E-state index is 0.490. The van der Waals surface area contributed by atoms with Crippen LogP contribution < -0.4 is 10.6 Å². The fourth-order valence-electron chi connectivity index (χ4n) is 1.41. The van der Waals surface area contributed by atoms with Gasteiger partial charge in [-0.15, -0.1) is 0 Å². The average Bonchev–Trinajstić information content (AvgIpc) is 2.38. The molecule has 0 aliphatic carbocycles. The molecule has 1 aromatic heterocycles. The Morgan fingerprint density at radius 3 is 2.74 bits per heavy atom. The van der Waals surface area contributed by atoms with Crippen molar-refractivity contribution in [2.75, 3.05) is 17.2 Å². The number of hydrogen-bond donors (Lipinski definition) is 2. The Balaban J connectivity index is 2.26. The van der Waals surface area contributed by atoms with Crippen LogP contribution in [0.1, 0.15) is 6.92 Å². The van der Waals surface area contributed by atoms with E-state index >= 15 is 0 Å². The standard InChI is InChI=1S/C12H11BrCl2N4/c1-2-16-12-17-6-8(13)11(19-12)18-7-3-4-9(14)10(15)5-7/h3-6H,2H2,1H3,(H2,16,17,18,19). The summed E-state index contributed by atoms with van der Waals surface area (Å²) in [6, 6.07) is 5.30. The van der Waals surface area contributed by atoms with Gasteiger partial charge in [0.15, 0.2) is 0 Å². The van der Waals surface area contributed by atoms with Crippen LogP contribution in [0, 0.1) is 0 Å². The van der Waals surface area contributed by atoms with Crippen molar-refractivity contribution >= 4 is 56.6 Å². The van der Waals surface area contributed by atoms with Crippen LogP contribution in [-0.2, 0) is 0 Å². The zero-order valence-corrected chi connectivity index (χ0v) is 13.1. The second-order valence-corrected chi connectivity index (χ2v) is 5.34. The molecule has 7 heteroatoms. The highest BCUT2D eigenvalue weighted by atomic mass is 79.9. The zero-order chi connectivity index (χ0) is 13.8. The van der Waals surface area contributed by atoms with E-state index in [0.29, 0.717) is 21.8 Å². The summed E-state index contributed by atoms with van der Waals surface area (Å²) in [5.41, 5.74) is 0.802. The van der Waals surface area contributed by atoms with Crippen molar-refractivity contribution in [1.29, 1.82) is 0 Å². The van der Waals surface area contributed by atoms with E-state index in [-0.39, 0.29) is 0 Å². The van der Waals surface area contributed by atoms with Gasteiger partial charge in [0.05, 0.1) is 14.5 Å². The largest absolute Gasteiger partial charge is 0.354 e. The molecule has 2 N–H and O–H groups in total. The molecule has 0 aliphatic heterocycles. The molecule has 0 atom stereocenters. The lowest BCUT2D eigenvalue weighted by molar-refractivity contribution is 1.08. The maximum Gasteiger partial charge on any atom is 0.224 e. The zero-order valence-electron chi connectivity index (χ0n) is 10.0. The summed E-state index contributed by atoms with van der Waals surface area (Å²) in [6.45, 7) is 2.74. The molecule has 1 heterocycles. The first-order valence-corrected chi connectivity index (χ1v) is 7.13. The predicted molar refractivity (Wildman–Crippen MR) is 83.6 cm³/mol. The SMILES string of the molecule is CCNc1ncc(Br)c(Nc2ccc(Cl)c(Cl)c2)n1. The summed E-state index contributed by atoms with van der Waals surface area (Å²) in [4.78, 5) is 8.50. The number of anilines is 3. The molecule has 0 amide bonds. The molecule has 0 spiro atoms. The third-order valence-electron chi connectivity index (χ3n) is 2.26. The van der Waals surface area contributed by atoms with Gasteiger partial charge in [0.2, 0.25) is 5.95 Å². The van der Waals surface area contributed by atoms with Crippen LogP contribution in [0.3, 0.4) is 0 Å². The van der Waals surface area contributed by atoms with E-state index < -0.39 is 0 Å². The fourth-order valence-corrected chi connectivity index (χ4v) is 2.00. The van der Waals surface area contributed by atoms with Crippen molar-refractivity contribution in [2.24, 2.45) is 0 Å². The van der Waals surface area contributed by atoms with E-state index in [4.69, 9.17) is 23.2 Å². The van der Waals surface area contributed by atoms with E-state index in [0.717, 1.165) is 16.7 Å². The van der Waals surface area contributed by atoms with Crippen LogP contribution >= 0.6 is 39.1 Å². The third kappa shape index (κ3) is 3.72. The fraction of sp³-hybridized carbons (Fsp3) is 0.167. The van der Waals surface area contributed by atoms with Crippen molar-refractivity contribution in [3.8, 4) is 0 Å². The molecule has 2 rings (SSSR count). The second kappa shape index (κ2) is 6.41. The van der Waals surface area contributed by atoms with Crippen molar-refractivity contribution in [1.82, 2.24) is 9.97 Å². The minimum Gasteiger partial charge on any atom is -0.354 e. The van der Waals surface area contributed by atoms with Crippen LogP contribution in [0.5, 0.6) is 0 Å². The van der Waals surface area contributed by atoms with Crippen LogP contribution in [0.15, 0.2) is 28.9 Å². The second-order valence-electron chi connectivity index (χ2n) is 3.67. The van der Waals surface area contributed by atoms with Crippen molar-refractivity contribution in [3.05, 3.63) is 38.9 Å². The molecule has 100 valence electrons. The Morgan fingerprint density at radius 2 is 2.05 bits per heavy atom. The molecule has 4 nitrogen and oxygen atoms in total. The summed E-state index contributed by atoms with van der Waals surface area (Å²) in [6.07, 6.45) is 1.69. The Morgan fingerprint density at radius 1 is 1.26 bits per heavy atom. The smallest absolute Gasteiger partial charge is 0.224 e. The van der Waals surface area contributed by atoms with Gasteiger partial charge in [0.1, 0.15) is 5.82 Å². The maximum absolute atomic E-state index is 5.97. The van der Waals surface area contributed by atoms with E-state index in [9.17, 15) is 0 Å². The first-order chi connectivity index (χ1) is 9.10. The molecule has 19 heavy (non-hydrogen) atoms.